The normalized spacial score (nSPS) is 24.5. The molecule has 2 atom stereocenters. The number of aromatic nitrogens is 2. The van der Waals surface area contributed by atoms with Crippen molar-refractivity contribution in [2.45, 2.75) is 52.7 Å². The first-order chi connectivity index (χ1) is 7.24. The van der Waals surface area contributed by atoms with E-state index in [-0.39, 0.29) is 0 Å². The van der Waals surface area contributed by atoms with Crippen LogP contribution < -0.4 is 5.32 Å². The molecule has 0 amide bonds. The van der Waals surface area contributed by atoms with E-state index in [2.05, 4.69) is 41.9 Å². The molecule has 0 saturated heterocycles. The molecule has 0 aromatic carbocycles. The smallest absolute Gasteiger partial charge is 0.0597 e. The van der Waals surface area contributed by atoms with E-state index in [0.717, 1.165) is 30.7 Å². The fourth-order valence-corrected chi connectivity index (χ4v) is 2.20. The Morgan fingerprint density at radius 2 is 2.33 bits per heavy atom. The molecule has 2 unspecified atom stereocenters. The summed E-state index contributed by atoms with van der Waals surface area (Å²) < 4.78 is 2.09. The van der Waals surface area contributed by atoms with Gasteiger partial charge < -0.3 is 5.32 Å². The van der Waals surface area contributed by atoms with Crippen LogP contribution in [0.2, 0.25) is 0 Å². The van der Waals surface area contributed by atoms with Gasteiger partial charge in [0, 0.05) is 19.1 Å². The van der Waals surface area contributed by atoms with E-state index in [1.54, 1.807) is 0 Å². The minimum absolute atomic E-state index is 0.760. The van der Waals surface area contributed by atoms with Gasteiger partial charge in [0.05, 0.1) is 11.4 Å². The molecule has 84 valence electrons. The lowest BCUT2D eigenvalue weighted by molar-refractivity contribution is 0.561. The highest BCUT2D eigenvalue weighted by Gasteiger charge is 2.34. The quantitative estimate of drug-likeness (QED) is 0.801. The zero-order valence-electron chi connectivity index (χ0n) is 9.95. The average molecular weight is 207 g/mol. The summed E-state index contributed by atoms with van der Waals surface area (Å²) in [5, 5.41) is 8.04. The highest BCUT2D eigenvalue weighted by molar-refractivity contribution is 5.09. The second kappa shape index (κ2) is 4.35. The van der Waals surface area contributed by atoms with Crippen molar-refractivity contribution >= 4 is 0 Å². The fourth-order valence-electron chi connectivity index (χ4n) is 2.20. The molecule has 1 aromatic heterocycles. The Labute approximate surface area is 91.9 Å². The van der Waals surface area contributed by atoms with Gasteiger partial charge in [-0.15, -0.1) is 0 Å². The summed E-state index contributed by atoms with van der Waals surface area (Å²) in [6, 6.07) is 2.94. The number of rotatable bonds is 5. The summed E-state index contributed by atoms with van der Waals surface area (Å²) in [5.41, 5.74) is 2.44. The maximum absolute atomic E-state index is 4.44. The van der Waals surface area contributed by atoms with Crippen molar-refractivity contribution in [3.63, 3.8) is 0 Å². The van der Waals surface area contributed by atoms with Gasteiger partial charge in [0.1, 0.15) is 0 Å². The standard InChI is InChI=1S/C12H21N3/c1-4-10-7-12(10)13-8-11-6-9(3)14-15(11)5-2/h6,10,12-13H,4-5,7-8H2,1-3H3. The highest BCUT2D eigenvalue weighted by atomic mass is 15.3. The van der Waals surface area contributed by atoms with Gasteiger partial charge >= 0.3 is 0 Å². The van der Waals surface area contributed by atoms with Crippen LogP contribution in [0.25, 0.3) is 0 Å². The Morgan fingerprint density at radius 1 is 1.53 bits per heavy atom. The zero-order valence-corrected chi connectivity index (χ0v) is 9.95. The summed E-state index contributed by atoms with van der Waals surface area (Å²) in [4.78, 5) is 0. The van der Waals surface area contributed by atoms with E-state index in [0.29, 0.717) is 0 Å². The van der Waals surface area contributed by atoms with Gasteiger partial charge in [-0.05, 0) is 32.3 Å². The van der Waals surface area contributed by atoms with Crippen molar-refractivity contribution in [3.05, 3.63) is 17.5 Å². The van der Waals surface area contributed by atoms with E-state index in [4.69, 9.17) is 0 Å². The van der Waals surface area contributed by atoms with Crippen molar-refractivity contribution < 1.29 is 0 Å². The average Bonchev–Trinajstić information content (AvgIpc) is 2.91. The first-order valence-corrected chi connectivity index (χ1v) is 6.01. The van der Waals surface area contributed by atoms with Crippen LogP contribution in [0.4, 0.5) is 0 Å². The third-order valence-electron chi connectivity index (χ3n) is 3.28. The van der Waals surface area contributed by atoms with E-state index in [1.807, 2.05) is 0 Å². The maximum Gasteiger partial charge on any atom is 0.0597 e. The van der Waals surface area contributed by atoms with E-state index >= 15 is 0 Å². The minimum Gasteiger partial charge on any atom is -0.308 e. The molecule has 3 heteroatoms. The molecule has 1 aliphatic carbocycles. The van der Waals surface area contributed by atoms with Gasteiger partial charge in [-0.2, -0.15) is 5.10 Å². The lowest BCUT2D eigenvalue weighted by Crippen LogP contribution is -2.19. The Hall–Kier alpha value is -0.830. The number of aryl methyl sites for hydroxylation is 2. The minimum atomic E-state index is 0.760. The van der Waals surface area contributed by atoms with Crippen molar-refractivity contribution in [1.29, 1.82) is 0 Å². The molecule has 0 aliphatic heterocycles. The second-order valence-electron chi connectivity index (χ2n) is 4.48. The van der Waals surface area contributed by atoms with Crippen LogP contribution in [0.3, 0.4) is 0 Å². The van der Waals surface area contributed by atoms with Crippen LogP contribution in [0.1, 0.15) is 38.1 Å². The first kappa shape index (κ1) is 10.7. The summed E-state index contributed by atoms with van der Waals surface area (Å²) in [6.45, 7) is 8.40. The topological polar surface area (TPSA) is 29.9 Å². The van der Waals surface area contributed by atoms with Crippen LogP contribution in [-0.2, 0) is 13.1 Å². The molecule has 1 N–H and O–H groups in total. The molecule has 1 fully saturated rings. The van der Waals surface area contributed by atoms with Crippen LogP contribution in [0.5, 0.6) is 0 Å². The molecule has 3 nitrogen and oxygen atoms in total. The van der Waals surface area contributed by atoms with Crippen molar-refractivity contribution in [1.82, 2.24) is 15.1 Å². The van der Waals surface area contributed by atoms with Gasteiger partial charge in [-0.25, -0.2) is 0 Å². The van der Waals surface area contributed by atoms with Crippen molar-refractivity contribution in [3.8, 4) is 0 Å². The Bertz CT molecular complexity index is 330. The molecule has 1 aliphatic rings. The SMILES string of the molecule is CCC1CC1NCc1cc(C)nn1CC. The molecule has 2 rings (SSSR count). The summed E-state index contributed by atoms with van der Waals surface area (Å²) >= 11 is 0. The first-order valence-electron chi connectivity index (χ1n) is 6.01. The molecular formula is C12H21N3. The largest absolute Gasteiger partial charge is 0.308 e. The highest BCUT2D eigenvalue weighted by Crippen LogP contribution is 2.33. The molecule has 1 saturated carbocycles. The molecular weight excluding hydrogens is 186 g/mol. The predicted molar refractivity (Wildman–Crippen MR) is 61.7 cm³/mol. The van der Waals surface area contributed by atoms with Gasteiger partial charge in [-0.1, -0.05) is 13.3 Å². The van der Waals surface area contributed by atoms with Crippen LogP contribution >= 0.6 is 0 Å². The summed E-state index contributed by atoms with van der Waals surface area (Å²) in [5.74, 6) is 0.920. The number of nitrogens with zero attached hydrogens (tertiary/aromatic N) is 2. The fraction of sp³-hybridized carbons (Fsp3) is 0.750. The van der Waals surface area contributed by atoms with Crippen LogP contribution in [0, 0.1) is 12.8 Å². The molecule has 0 spiro atoms. The van der Waals surface area contributed by atoms with Gasteiger partial charge in [0.25, 0.3) is 0 Å². The molecule has 1 aromatic rings. The van der Waals surface area contributed by atoms with Crippen molar-refractivity contribution in [2.75, 3.05) is 0 Å². The maximum atomic E-state index is 4.44. The van der Waals surface area contributed by atoms with Crippen LogP contribution in [0.15, 0.2) is 6.07 Å². The lowest BCUT2D eigenvalue weighted by Gasteiger charge is -2.05. The van der Waals surface area contributed by atoms with Crippen LogP contribution in [-0.4, -0.2) is 15.8 Å². The van der Waals surface area contributed by atoms with E-state index in [9.17, 15) is 0 Å². The zero-order chi connectivity index (χ0) is 10.8. The molecule has 15 heavy (non-hydrogen) atoms. The molecule has 0 bridgehead atoms. The van der Waals surface area contributed by atoms with Crippen molar-refractivity contribution in [2.24, 2.45) is 5.92 Å². The van der Waals surface area contributed by atoms with E-state index < -0.39 is 0 Å². The second-order valence-corrected chi connectivity index (χ2v) is 4.48. The Morgan fingerprint density at radius 3 is 2.93 bits per heavy atom. The Balaban J connectivity index is 1.87. The number of hydrogen-bond donors (Lipinski definition) is 1. The summed E-state index contributed by atoms with van der Waals surface area (Å²) in [6.07, 6.45) is 2.67. The molecule has 1 heterocycles. The predicted octanol–water partition coefficient (Wildman–Crippen LogP) is 2.10. The third kappa shape index (κ3) is 2.40. The number of hydrogen-bond acceptors (Lipinski definition) is 2. The Kier molecular flexibility index (Phi) is 3.10. The van der Waals surface area contributed by atoms with Gasteiger partial charge in [0.2, 0.25) is 0 Å². The van der Waals surface area contributed by atoms with Gasteiger partial charge in [-0.3, -0.25) is 4.68 Å². The number of nitrogens with one attached hydrogen (secondary N) is 1. The van der Waals surface area contributed by atoms with E-state index in [1.165, 1.54) is 18.5 Å². The van der Waals surface area contributed by atoms with Gasteiger partial charge in [0.15, 0.2) is 0 Å². The lowest BCUT2D eigenvalue weighted by atomic mass is 10.3. The molecule has 0 radical (unpaired) electrons. The third-order valence-corrected chi connectivity index (χ3v) is 3.28. The monoisotopic (exact) mass is 207 g/mol. The summed E-state index contributed by atoms with van der Waals surface area (Å²) in [7, 11) is 0.